The Hall–Kier alpha value is -2.45. The quantitative estimate of drug-likeness (QED) is 0.685. The number of nitrogens with zero attached hydrogens (tertiary/aromatic N) is 2. The minimum absolute atomic E-state index is 0. The number of carbonyl (C=O) groups is 1. The molecule has 0 aliphatic carbocycles. The first-order chi connectivity index (χ1) is 13.7. The minimum atomic E-state index is 0. The average Bonchev–Trinajstić information content (AvgIpc) is 3.17. The molecule has 0 saturated carbocycles. The van der Waals surface area contributed by atoms with Crippen molar-refractivity contribution in [2.75, 3.05) is 39.2 Å². The van der Waals surface area contributed by atoms with Crippen molar-refractivity contribution in [2.45, 2.75) is 31.8 Å². The van der Waals surface area contributed by atoms with Crippen LogP contribution in [0, 0.1) is 0 Å². The summed E-state index contributed by atoms with van der Waals surface area (Å²) in [5.74, 6) is 1.54. The molecule has 0 spiro atoms. The van der Waals surface area contributed by atoms with Crippen LogP contribution in [0.2, 0.25) is 0 Å². The van der Waals surface area contributed by atoms with E-state index in [1.807, 2.05) is 23.1 Å². The number of hydrogen-bond donors (Lipinski definition) is 3. The molecule has 1 aromatic carbocycles. The van der Waals surface area contributed by atoms with E-state index in [2.05, 4.69) is 20.8 Å². The van der Waals surface area contributed by atoms with E-state index < -0.39 is 0 Å². The van der Waals surface area contributed by atoms with Crippen LogP contribution >= 0.6 is 12.4 Å². The fourth-order valence-electron chi connectivity index (χ4n) is 3.91. The van der Waals surface area contributed by atoms with Crippen LogP contribution in [0.4, 0.5) is 5.69 Å². The largest absolute Gasteiger partial charge is 0.497 e. The number of piperidine rings is 1. The van der Waals surface area contributed by atoms with Gasteiger partial charge in [0, 0.05) is 73.8 Å². The average molecular weight is 422 g/mol. The summed E-state index contributed by atoms with van der Waals surface area (Å²) >= 11 is 0. The Morgan fingerprint density at radius 2 is 1.86 bits per heavy atom. The van der Waals surface area contributed by atoms with Crippen molar-refractivity contribution in [1.29, 1.82) is 0 Å². The van der Waals surface area contributed by atoms with E-state index in [-0.39, 0.29) is 18.3 Å². The molecule has 2 aromatic rings. The van der Waals surface area contributed by atoms with Gasteiger partial charge in [0.2, 0.25) is 0 Å². The van der Waals surface area contributed by atoms with Gasteiger partial charge in [-0.25, -0.2) is 0 Å². The standard InChI is InChI=1S/C20H27N5O3.ClH/c1-27-15-9-14(10-16(11-15)28-2)22-13-4-7-25(8-5-13)20(26)19-17-12-21-6-3-18(17)23-24-19;/h9-11,13,21-22H,3-8,12H2,1-2H3,(H,23,24);1H. The molecule has 1 fully saturated rings. The second-order valence-corrected chi connectivity index (χ2v) is 7.27. The molecule has 3 N–H and O–H groups in total. The number of ether oxygens (including phenoxy) is 2. The number of fused-ring (bicyclic) bond motifs is 1. The molecule has 2 aliphatic rings. The number of rotatable bonds is 5. The van der Waals surface area contributed by atoms with Crippen molar-refractivity contribution in [1.82, 2.24) is 20.4 Å². The molecule has 0 unspecified atom stereocenters. The van der Waals surface area contributed by atoms with Gasteiger partial charge in [0.05, 0.1) is 14.2 Å². The van der Waals surface area contributed by atoms with Gasteiger partial charge in [-0.3, -0.25) is 9.89 Å². The first kappa shape index (κ1) is 21.3. The van der Waals surface area contributed by atoms with E-state index in [0.717, 1.165) is 54.3 Å². The molecule has 1 aromatic heterocycles. The number of likely N-dealkylation sites (tertiary alicyclic amines) is 1. The molecular formula is C20H28ClN5O3. The van der Waals surface area contributed by atoms with Crippen LogP contribution in [0.25, 0.3) is 0 Å². The van der Waals surface area contributed by atoms with E-state index in [1.165, 1.54) is 0 Å². The van der Waals surface area contributed by atoms with E-state index in [1.54, 1.807) is 14.2 Å². The van der Waals surface area contributed by atoms with Gasteiger partial charge in [-0.2, -0.15) is 5.10 Å². The Morgan fingerprint density at radius 1 is 1.17 bits per heavy atom. The lowest BCUT2D eigenvalue weighted by atomic mass is 10.0. The van der Waals surface area contributed by atoms with Crippen molar-refractivity contribution in [3.8, 4) is 11.5 Å². The first-order valence-electron chi connectivity index (χ1n) is 9.73. The topological polar surface area (TPSA) is 91.5 Å². The molecule has 0 bridgehead atoms. The number of H-pyrrole nitrogens is 1. The first-order valence-corrected chi connectivity index (χ1v) is 9.73. The SMILES string of the molecule is COc1cc(NC2CCN(C(=O)c3n[nH]c4c3CNCC4)CC2)cc(OC)c1.Cl. The predicted octanol–water partition coefficient (Wildman–Crippen LogP) is 2.21. The second-order valence-electron chi connectivity index (χ2n) is 7.27. The molecule has 29 heavy (non-hydrogen) atoms. The summed E-state index contributed by atoms with van der Waals surface area (Å²) in [5, 5.41) is 14.2. The van der Waals surface area contributed by atoms with Crippen molar-refractivity contribution in [3.63, 3.8) is 0 Å². The zero-order chi connectivity index (χ0) is 19.5. The maximum absolute atomic E-state index is 12.9. The molecule has 8 nitrogen and oxygen atoms in total. The molecule has 0 atom stereocenters. The van der Waals surface area contributed by atoms with Gasteiger partial charge < -0.3 is 25.0 Å². The molecule has 0 radical (unpaired) electrons. The Morgan fingerprint density at radius 3 is 2.52 bits per heavy atom. The van der Waals surface area contributed by atoms with Crippen LogP contribution in [0.5, 0.6) is 11.5 Å². The smallest absolute Gasteiger partial charge is 0.274 e. The van der Waals surface area contributed by atoms with E-state index in [4.69, 9.17) is 9.47 Å². The number of aromatic nitrogens is 2. The number of anilines is 1. The van der Waals surface area contributed by atoms with Gasteiger partial charge in [0.25, 0.3) is 5.91 Å². The van der Waals surface area contributed by atoms with Crippen LogP contribution in [-0.2, 0) is 13.0 Å². The molecule has 3 heterocycles. The van der Waals surface area contributed by atoms with Crippen molar-refractivity contribution in [3.05, 3.63) is 35.2 Å². The van der Waals surface area contributed by atoms with Gasteiger partial charge in [0.15, 0.2) is 5.69 Å². The number of halogens is 1. The van der Waals surface area contributed by atoms with E-state index in [0.29, 0.717) is 31.4 Å². The molecular weight excluding hydrogens is 394 g/mol. The van der Waals surface area contributed by atoms with Gasteiger partial charge in [-0.05, 0) is 12.8 Å². The summed E-state index contributed by atoms with van der Waals surface area (Å²) in [5.41, 5.74) is 3.66. The highest BCUT2D eigenvalue weighted by molar-refractivity contribution is 5.94. The van der Waals surface area contributed by atoms with Crippen LogP contribution in [0.15, 0.2) is 18.2 Å². The van der Waals surface area contributed by atoms with Crippen molar-refractivity contribution < 1.29 is 14.3 Å². The maximum Gasteiger partial charge on any atom is 0.274 e. The third-order valence-corrected chi connectivity index (χ3v) is 5.51. The van der Waals surface area contributed by atoms with Gasteiger partial charge >= 0.3 is 0 Å². The number of hydrogen-bond acceptors (Lipinski definition) is 6. The third kappa shape index (κ3) is 4.59. The summed E-state index contributed by atoms with van der Waals surface area (Å²) in [4.78, 5) is 14.8. The molecule has 1 saturated heterocycles. The molecule has 1 amide bonds. The fraction of sp³-hybridized carbons (Fsp3) is 0.500. The zero-order valence-electron chi connectivity index (χ0n) is 16.8. The molecule has 9 heteroatoms. The van der Waals surface area contributed by atoms with Gasteiger partial charge in [0.1, 0.15) is 11.5 Å². The summed E-state index contributed by atoms with van der Waals surface area (Å²) in [6, 6.07) is 6.08. The Labute approximate surface area is 176 Å². The van der Waals surface area contributed by atoms with Crippen LogP contribution < -0.4 is 20.1 Å². The Kier molecular flexibility index (Phi) is 6.87. The molecule has 2 aliphatic heterocycles. The summed E-state index contributed by atoms with van der Waals surface area (Å²) in [6.07, 6.45) is 2.66. The highest BCUT2D eigenvalue weighted by Crippen LogP contribution is 2.28. The van der Waals surface area contributed by atoms with Gasteiger partial charge in [-0.15, -0.1) is 12.4 Å². The number of methoxy groups -OCH3 is 2. The predicted molar refractivity (Wildman–Crippen MR) is 113 cm³/mol. The zero-order valence-corrected chi connectivity index (χ0v) is 17.6. The lowest BCUT2D eigenvalue weighted by Gasteiger charge is -2.33. The maximum atomic E-state index is 12.9. The van der Waals surface area contributed by atoms with Crippen molar-refractivity contribution in [2.24, 2.45) is 0 Å². The van der Waals surface area contributed by atoms with E-state index in [9.17, 15) is 4.79 Å². The molecule has 158 valence electrons. The second kappa shape index (κ2) is 9.37. The highest BCUT2D eigenvalue weighted by atomic mass is 35.5. The Balaban J connectivity index is 0.00000240. The lowest BCUT2D eigenvalue weighted by molar-refractivity contribution is 0.0711. The van der Waals surface area contributed by atoms with Crippen LogP contribution in [-0.4, -0.2) is 60.9 Å². The van der Waals surface area contributed by atoms with Crippen LogP contribution in [0.3, 0.4) is 0 Å². The highest BCUT2D eigenvalue weighted by Gasteiger charge is 2.28. The minimum Gasteiger partial charge on any atom is -0.497 e. The lowest BCUT2D eigenvalue weighted by Crippen LogP contribution is -2.43. The summed E-state index contributed by atoms with van der Waals surface area (Å²) < 4.78 is 10.7. The van der Waals surface area contributed by atoms with Gasteiger partial charge in [-0.1, -0.05) is 0 Å². The summed E-state index contributed by atoms with van der Waals surface area (Å²) in [6.45, 7) is 3.07. The normalized spacial score (nSPS) is 16.6. The monoisotopic (exact) mass is 421 g/mol. The Bertz CT molecular complexity index is 826. The number of amides is 1. The molecule has 4 rings (SSSR count). The summed E-state index contributed by atoms with van der Waals surface area (Å²) in [7, 11) is 3.29. The van der Waals surface area contributed by atoms with Crippen LogP contribution in [0.1, 0.15) is 34.6 Å². The van der Waals surface area contributed by atoms with Crippen molar-refractivity contribution >= 4 is 24.0 Å². The van der Waals surface area contributed by atoms with E-state index >= 15 is 0 Å². The number of aromatic amines is 1. The number of benzene rings is 1. The number of carbonyl (C=O) groups excluding carboxylic acids is 1. The third-order valence-electron chi connectivity index (χ3n) is 5.51. The fourth-order valence-corrected chi connectivity index (χ4v) is 3.91. The number of nitrogens with one attached hydrogen (secondary N) is 3.